The molecule has 0 atom stereocenters. The highest BCUT2D eigenvalue weighted by Gasteiger charge is 2.14. The molecule has 3 N–H and O–H groups in total. The Hall–Kier alpha value is -1.95. The van der Waals surface area contributed by atoms with Crippen molar-refractivity contribution in [2.24, 2.45) is 0 Å². The third-order valence-corrected chi connectivity index (χ3v) is 1.83. The predicted octanol–water partition coefficient (Wildman–Crippen LogP) is 0.607. The average Bonchev–Trinajstić information content (AvgIpc) is 2.25. The molecule has 0 aliphatic rings. The zero-order valence-electron chi connectivity index (χ0n) is 8.64. The zero-order chi connectivity index (χ0) is 12.1. The maximum absolute atomic E-state index is 11.4. The van der Waals surface area contributed by atoms with Crippen molar-refractivity contribution in [3.05, 3.63) is 17.7 Å². The second-order valence-electron chi connectivity index (χ2n) is 2.99. The molecule has 1 rings (SSSR count). The number of rotatable bonds is 4. The van der Waals surface area contributed by atoms with Gasteiger partial charge in [-0.05, 0) is 12.1 Å². The molecule has 0 aromatic heterocycles. The van der Waals surface area contributed by atoms with Crippen molar-refractivity contribution in [1.29, 1.82) is 0 Å². The van der Waals surface area contributed by atoms with E-state index in [1.165, 1.54) is 7.11 Å². The van der Waals surface area contributed by atoms with Gasteiger partial charge in [-0.1, -0.05) is 0 Å². The highest BCUT2D eigenvalue weighted by molar-refractivity contribution is 5.91. The number of phenolic OH excluding ortho intramolecular Hbond substituents is 3. The zero-order valence-corrected chi connectivity index (χ0v) is 8.64. The first-order valence-electron chi connectivity index (χ1n) is 4.47. The quantitative estimate of drug-likeness (QED) is 0.397. The minimum Gasteiger partial charge on any atom is -0.504 e. The molecule has 0 aliphatic carbocycles. The van der Waals surface area contributed by atoms with E-state index in [2.05, 4.69) is 4.74 Å². The van der Waals surface area contributed by atoms with Gasteiger partial charge in [0, 0.05) is 7.11 Å². The van der Waals surface area contributed by atoms with Crippen LogP contribution >= 0.6 is 0 Å². The molecule has 0 bridgehead atoms. The van der Waals surface area contributed by atoms with Gasteiger partial charge >= 0.3 is 5.97 Å². The summed E-state index contributed by atoms with van der Waals surface area (Å²) in [5, 5.41) is 27.4. The molecule has 16 heavy (non-hydrogen) atoms. The van der Waals surface area contributed by atoms with Crippen LogP contribution in [0, 0.1) is 0 Å². The molecule has 0 saturated heterocycles. The van der Waals surface area contributed by atoms with Crippen molar-refractivity contribution in [2.45, 2.75) is 0 Å². The molecule has 0 spiro atoms. The molecule has 0 saturated carbocycles. The Balaban J connectivity index is 2.76. The standard InChI is InChI=1S/C10H12O6/c1-15-2-3-16-10(14)6-4-7(11)9(13)8(12)5-6/h4-5,11-13H,2-3H2,1H3. The van der Waals surface area contributed by atoms with Gasteiger partial charge in [-0.15, -0.1) is 0 Å². The second-order valence-corrected chi connectivity index (χ2v) is 2.99. The van der Waals surface area contributed by atoms with E-state index in [-0.39, 0.29) is 18.8 Å². The summed E-state index contributed by atoms with van der Waals surface area (Å²) in [5.41, 5.74) is -0.0519. The van der Waals surface area contributed by atoms with Crippen LogP contribution in [-0.2, 0) is 9.47 Å². The fourth-order valence-electron chi connectivity index (χ4n) is 1.02. The number of esters is 1. The Bertz CT molecular complexity index is 364. The van der Waals surface area contributed by atoms with Crippen LogP contribution in [0.5, 0.6) is 17.2 Å². The molecule has 0 heterocycles. The minimum atomic E-state index is -0.720. The summed E-state index contributed by atoms with van der Waals surface area (Å²) in [6.07, 6.45) is 0. The first-order valence-corrected chi connectivity index (χ1v) is 4.47. The lowest BCUT2D eigenvalue weighted by Crippen LogP contribution is -2.09. The van der Waals surface area contributed by atoms with E-state index in [1.807, 2.05) is 0 Å². The molecular weight excluding hydrogens is 216 g/mol. The Morgan fingerprint density at radius 1 is 1.19 bits per heavy atom. The van der Waals surface area contributed by atoms with E-state index in [0.717, 1.165) is 12.1 Å². The van der Waals surface area contributed by atoms with Gasteiger partial charge < -0.3 is 24.8 Å². The van der Waals surface area contributed by atoms with Gasteiger partial charge in [0.05, 0.1) is 12.2 Å². The molecule has 0 unspecified atom stereocenters. The third-order valence-electron chi connectivity index (χ3n) is 1.83. The van der Waals surface area contributed by atoms with E-state index in [9.17, 15) is 4.79 Å². The molecule has 1 aromatic rings. The summed E-state index contributed by atoms with van der Waals surface area (Å²) in [7, 11) is 1.46. The van der Waals surface area contributed by atoms with E-state index >= 15 is 0 Å². The minimum absolute atomic E-state index is 0.0519. The number of methoxy groups -OCH3 is 1. The van der Waals surface area contributed by atoms with Crippen molar-refractivity contribution < 1.29 is 29.6 Å². The largest absolute Gasteiger partial charge is 0.504 e. The molecule has 0 aliphatic heterocycles. The number of ether oxygens (including phenoxy) is 2. The normalized spacial score (nSPS) is 10.1. The van der Waals surface area contributed by atoms with E-state index < -0.39 is 23.2 Å². The van der Waals surface area contributed by atoms with Gasteiger partial charge in [-0.2, -0.15) is 0 Å². The van der Waals surface area contributed by atoms with Crippen LogP contribution < -0.4 is 0 Å². The number of carbonyl (C=O) groups excluding carboxylic acids is 1. The number of hydrogen-bond acceptors (Lipinski definition) is 6. The van der Waals surface area contributed by atoms with E-state index in [0.29, 0.717) is 0 Å². The lowest BCUT2D eigenvalue weighted by atomic mass is 10.2. The van der Waals surface area contributed by atoms with Gasteiger partial charge in [-0.25, -0.2) is 4.79 Å². The second kappa shape index (κ2) is 5.22. The lowest BCUT2D eigenvalue weighted by Gasteiger charge is -2.06. The number of phenols is 3. The molecule has 1 aromatic carbocycles. The molecule has 0 fully saturated rings. The maximum atomic E-state index is 11.4. The van der Waals surface area contributed by atoms with Gasteiger partial charge in [0.25, 0.3) is 0 Å². The van der Waals surface area contributed by atoms with Crippen LogP contribution in [0.1, 0.15) is 10.4 Å². The number of benzene rings is 1. The highest BCUT2D eigenvalue weighted by Crippen LogP contribution is 2.35. The topological polar surface area (TPSA) is 96.2 Å². The monoisotopic (exact) mass is 228 g/mol. The molecule has 0 amide bonds. The first kappa shape index (κ1) is 12.1. The predicted molar refractivity (Wildman–Crippen MR) is 53.6 cm³/mol. The average molecular weight is 228 g/mol. The Labute approximate surface area is 91.7 Å². The molecule has 6 heteroatoms. The summed E-state index contributed by atoms with van der Waals surface area (Å²) in [6.45, 7) is 0.319. The van der Waals surface area contributed by atoms with Crippen molar-refractivity contribution in [3.8, 4) is 17.2 Å². The van der Waals surface area contributed by atoms with Crippen LogP contribution in [-0.4, -0.2) is 41.6 Å². The first-order chi connectivity index (χ1) is 7.56. The number of carbonyl (C=O) groups is 1. The molecule has 6 nitrogen and oxygen atoms in total. The van der Waals surface area contributed by atoms with Gasteiger partial charge in [-0.3, -0.25) is 0 Å². The fraction of sp³-hybridized carbons (Fsp3) is 0.300. The van der Waals surface area contributed by atoms with Gasteiger partial charge in [0.2, 0.25) is 0 Å². The summed E-state index contributed by atoms with van der Waals surface area (Å²) < 4.78 is 9.43. The third kappa shape index (κ3) is 2.77. The molecular formula is C10H12O6. The Morgan fingerprint density at radius 3 is 2.25 bits per heavy atom. The summed E-state index contributed by atoms with van der Waals surface area (Å²) in [4.78, 5) is 11.4. The summed E-state index contributed by atoms with van der Waals surface area (Å²) >= 11 is 0. The van der Waals surface area contributed by atoms with Crippen LogP contribution in [0.15, 0.2) is 12.1 Å². The van der Waals surface area contributed by atoms with Crippen LogP contribution in [0.2, 0.25) is 0 Å². The van der Waals surface area contributed by atoms with Crippen molar-refractivity contribution in [1.82, 2.24) is 0 Å². The molecule has 88 valence electrons. The van der Waals surface area contributed by atoms with E-state index in [4.69, 9.17) is 20.1 Å². The Kier molecular flexibility index (Phi) is 3.96. The van der Waals surface area contributed by atoms with Crippen molar-refractivity contribution in [3.63, 3.8) is 0 Å². The summed E-state index contributed by atoms with van der Waals surface area (Å²) in [5.74, 6) is -2.56. The Morgan fingerprint density at radius 2 is 1.75 bits per heavy atom. The van der Waals surface area contributed by atoms with Gasteiger partial charge in [0.15, 0.2) is 17.2 Å². The maximum Gasteiger partial charge on any atom is 0.338 e. The number of aromatic hydroxyl groups is 3. The SMILES string of the molecule is COCCOC(=O)c1cc(O)c(O)c(O)c1. The van der Waals surface area contributed by atoms with Crippen molar-refractivity contribution >= 4 is 5.97 Å². The van der Waals surface area contributed by atoms with Crippen LogP contribution in [0.25, 0.3) is 0 Å². The number of hydrogen-bond donors (Lipinski definition) is 3. The van der Waals surface area contributed by atoms with Crippen molar-refractivity contribution in [2.75, 3.05) is 20.3 Å². The highest BCUT2D eigenvalue weighted by atomic mass is 16.6. The smallest absolute Gasteiger partial charge is 0.338 e. The van der Waals surface area contributed by atoms with Gasteiger partial charge in [0.1, 0.15) is 6.61 Å². The van der Waals surface area contributed by atoms with Crippen LogP contribution in [0.4, 0.5) is 0 Å². The van der Waals surface area contributed by atoms with E-state index in [1.54, 1.807) is 0 Å². The lowest BCUT2D eigenvalue weighted by molar-refractivity contribution is 0.0387. The fourth-order valence-corrected chi connectivity index (χ4v) is 1.02. The van der Waals surface area contributed by atoms with Crippen LogP contribution in [0.3, 0.4) is 0 Å². The molecule has 0 radical (unpaired) electrons. The summed E-state index contributed by atoms with van der Waals surface area (Å²) in [6, 6.07) is 2.01.